The Labute approximate surface area is 538 Å². The molecule has 518 valence electrons. The van der Waals surface area contributed by atoms with Crippen molar-refractivity contribution in [1.82, 2.24) is 68.5 Å². The number of aromatic amines is 1. The number of hydrogen-bond donors (Lipinski definition) is 17. The molecule has 12 amide bonds. The van der Waals surface area contributed by atoms with Crippen LogP contribution in [0.4, 0.5) is 0 Å². The minimum Gasteiger partial charge on any atom is -0.481 e. The molecule has 1 aromatic rings. The largest absolute Gasteiger partial charge is 0.481 e. The number of aliphatic imine (C=N–C) groups is 1. The number of aliphatic carboxylic acids is 1. The van der Waals surface area contributed by atoms with Gasteiger partial charge in [0.05, 0.1) is 11.9 Å². The van der Waals surface area contributed by atoms with Crippen molar-refractivity contribution in [2.24, 2.45) is 45.7 Å². The number of guanidine groups is 1. The molecule has 1 aliphatic heterocycles. The van der Waals surface area contributed by atoms with Gasteiger partial charge < -0.3 is 91.5 Å². The maximum atomic E-state index is 14.7. The van der Waals surface area contributed by atoms with Gasteiger partial charge in [-0.2, -0.15) is 0 Å². The predicted molar refractivity (Wildman–Crippen MR) is 340 cm³/mol. The number of aromatic nitrogens is 2. The van der Waals surface area contributed by atoms with E-state index in [-0.39, 0.29) is 89.2 Å². The number of carbonyl (C=O) groups is 13. The number of carboxylic acid groups (broad SMARTS) is 1. The van der Waals surface area contributed by atoms with Gasteiger partial charge >= 0.3 is 5.97 Å². The van der Waals surface area contributed by atoms with Gasteiger partial charge in [-0.15, -0.1) is 0 Å². The van der Waals surface area contributed by atoms with Crippen molar-refractivity contribution >= 4 is 82.8 Å². The van der Waals surface area contributed by atoms with Crippen LogP contribution in [0, 0.1) is 17.8 Å². The summed E-state index contributed by atoms with van der Waals surface area (Å²) in [7, 11) is 0. The number of imidazole rings is 1. The number of H-pyrrole nitrogens is 1. The number of nitrogens with one attached hydrogen (secondary N) is 12. The summed E-state index contributed by atoms with van der Waals surface area (Å²) in [5, 5.41) is 39.0. The van der Waals surface area contributed by atoms with Crippen LogP contribution >= 0.6 is 0 Å². The molecule has 92 heavy (non-hydrogen) atoms. The van der Waals surface area contributed by atoms with E-state index in [9.17, 15) is 67.4 Å². The van der Waals surface area contributed by atoms with Crippen molar-refractivity contribution in [1.29, 1.82) is 0 Å². The smallest absolute Gasteiger partial charge is 0.303 e. The van der Waals surface area contributed by atoms with E-state index >= 15 is 0 Å². The molecule has 32 heteroatoms. The Morgan fingerprint density at radius 2 is 1.36 bits per heavy atom. The number of amides is 12. The summed E-state index contributed by atoms with van der Waals surface area (Å²) in [5.74, 6) is -12.6. The normalized spacial score (nSPS) is 20.1. The third-order valence-corrected chi connectivity index (χ3v) is 15.3. The molecule has 0 unspecified atom stereocenters. The third kappa shape index (κ3) is 28.8. The van der Waals surface area contributed by atoms with Crippen LogP contribution in [0.25, 0.3) is 0 Å². The summed E-state index contributed by atoms with van der Waals surface area (Å²) in [6, 6.07) is -12.3. The highest BCUT2D eigenvalue weighted by atomic mass is 16.4. The van der Waals surface area contributed by atoms with Crippen molar-refractivity contribution < 1.29 is 67.4 Å². The highest BCUT2D eigenvalue weighted by molar-refractivity contribution is 6.00. The summed E-state index contributed by atoms with van der Waals surface area (Å²) >= 11 is 0. The second kappa shape index (κ2) is 39.1. The Hall–Kier alpha value is -8.45. The Morgan fingerprint density at radius 1 is 0.717 bits per heavy atom. The van der Waals surface area contributed by atoms with Crippen molar-refractivity contribution in [3.05, 3.63) is 18.2 Å². The molecular formula is C60H104N18O14. The van der Waals surface area contributed by atoms with E-state index in [4.69, 9.17) is 22.9 Å². The van der Waals surface area contributed by atoms with Crippen LogP contribution in [0.15, 0.2) is 17.5 Å². The molecule has 1 fully saturated rings. The number of primary amides is 1. The first-order chi connectivity index (χ1) is 43.0. The van der Waals surface area contributed by atoms with Crippen molar-refractivity contribution in [3.8, 4) is 0 Å². The first-order valence-electron chi connectivity index (χ1n) is 31.7. The third-order valence-electron chi connectivity index (χ3n) is 15.3. The Balaban J connectivity index is 2.64. The van der Waals surface area contributed by atoms with Crippen LogP contribution in [-0.2, 0) is 68.7 Å². The Bertz CT molecular complexity index is 2690. The van der Waals surface area contributed by atoms with Gasteiger partial charge in [0, 0.05) is 44.2 Å². The van der Waals surface area contributed by atoms with Gasteiger partial charge in [0.1, 0.15) is 59.9 Å². The molecule has 1 saturated heterocycles. The molecule has 2 heterocycles. The zero-order valence-electron chi connectivity index (χ0n) is 55.3. The summed E-state index contributed by atoms with van der Waals surface area (Å²) in [4.78, 5) is 190. The van der Waals surface area contributed by atoms with Crippen molar-refractivity contribution in [2.75, 3.05) is 13.1 Å². The Kier molecular flexibility index (Phi) is 33.8. The summed E-state index contributed by atoms with van der Waals surface area (Å²) in [5.41, 5.74) is 19.8. The summed E-state index contributed by atoms with van der Waals surface area (Å²) in [6.45, 7) is 17.9. The number of carbonyl (C=O) groups excluding carboxylic acids is 12. The summed E-state index contributed by atoms with van der Waals surface area (Å²) in [6.07, 6.45) is 3.32. The van der Waals surface area contributed by atoms with Crippen molar-refractivity contribution in [3.63, 3.8) is 0 Å². The highest BCUT2D eigenvalue weighted by Crippen LogP contribution is 2.16. The molecule has 2 rings (SSSR count). The lowest BCUT2D eigenvalue weighted by Gasteiger charge is -2.32. The van der Waals surface area contributed by atoms with Gasteiger partial charge in [0.15, 0.2) is 5.96 Å². The van der Waals surface area contributed by atoms with Crippen LogP contribution in [0.2, 0.25) is 0 Å². The lowest BCUT2D eigenvalue weighted by molar-refractivity contribution is -0.140. The molecule has 0 aliphatic carbocycles. The molecule has 0 saturated carbocycles. The van der Waals surface area contributed by atoms with Gasteiger partial charge in [-0.05, 0) is 110 Å². The quantitative estimate of drug-likeness (QED) is 0.0212. The average molecular weight is 1300 g/mol. The minimum atomic E-state index is -1.77. The van der Waals surface area contributed by atoms with Gasteiger partial charge in [-0.1, -0.05) is 67.7 Å². The number of unbranched alkanes of at least 4 members (excludes halogenated alkanes) is 2. The molecule has 1 aromatic heterocycles. The molecular weight excluding hydrogens is 1200 g/mol. The standard InChI is InChI=1S/C60H104N18O14/c1-12-14-19-37-48(83)74-42(29-35-30-65-31-68-35)53(88)71-39(50(85)69-36(47(61)82)20-15-18-27-67-58(62)63)22-24-43(79)66-26-17-16-21-38(49(84)73-41(28-32(3)4)52(87)70-37)72-54(89)46(34(7)13-2)76-51(86)40(23-25-44(80)81)75-57(92)60(10,11)78-55(90)45(33(5)6)77-56(91)59(8,9)64/h30-34,36-42,45-46H,12-29,64H2,1-11H3,(H2,61,82)(H,65,68)(H,66,79)(H,69,85)(H,70,87)(H,71,88)(H,72,89)(H,73,84)(H,74,83)(H,75,92)(H,76,86)(H,77,91)(H,78,90)(H,80,81)(H4,62,63,67)/t34-,36-,37-,38-,39-,40-,41-,42-,45-,46-/m0/s1. The SMILES string of the molecule is CCCC[C@@H]1NC(=O)[C@H](CC(C)C)NC(=O)[C@@H](NC(=O)[C@@H](NC(=O)[C@H](CCC(=O)O)NC(=O)C(C)(C)NC(=O)[C@@H](NC(=O)C(C)(C)N)C(C)C)[C@@H](C)CC)CCCCNC(=O)CC[C@@H](C(=O)N[C@@H](CCCCN=C(N)N)C(N)=O)NC(=O)[C@H](Cc2cnc[nH]2)NC1=O. The molecule has 21 N–H and O–H groups in total. The monoisotopic (exact) mass is 1300 g/mol. The zero-order chi connectivity index (χ0) is 69.6. The van der Waals surface area contributed by atoms with Gasteiger partial charge in [-0.3, -0.25) is 67.3 Å². The second-order valence-electron chi connectivity index (χ2n) is 25.4. The molecule has 1 aliphatic rings. The number of carboxylic acids is 1. The lowest BCUT2D eigenvalue weighted by atomic mass is 9.96. The highest BCUT2D eigenvalue weighted by Gasteiger charge is 2.40. The topological polar surface area (TPSA) is 520 Å². The molecule has 10 atom stereocenters. The molecule has 0 spiro atoms. The number of nitrogens with zero attached hydrogens (tertiary/aromatic N) is 2. The molecule has 0 aromatic carbocycles. The van der Waals surface area contributed by atoms with Gasteiger partial charge in [0.25, 0.3) is 0 Å². The average Bonchev–Trinajstić information content (AvgIpc) is 1.13. The van der Waals surface area contributed by atoms with E-state index in [0.29, 0.717) is 31.4 Å². The van der Waals surface area contributed by atoms with Crippen LogP contribution in [0.3, 0.4) is 0 Å². The van der Waals surface area contributed by atoms with Crippen LogP contribution < -0.4 is 81.4 Å². The molecule has 32 nitrogen and oxygen atoms in total. The minimum absolute atomic E-state index is 0.0146. The number of rotatable bonds is 31. The fourth-order valence-corrected chi connectivity index (χ4v) is 9.52. The Morgan fingerprint density at radius 3 is 1.93 bits per heavy atom. The van der Waals surface area contributed by atoms with Crippen LogP contribution in [-0.4, -0.2) is 176 Å². The molecule has 0 radical (unpaired) electrons. The van der Waals surface area contributed by atoms with Crippen LogP contribution in [0.1, 0.15) is 178 Å². The van der Waals surface area contributed by atoms with Crippen molar-refractivity contribution in [2.45, 2.75) is 244 Å². The fraction of sp³-hybridized carbons (Fsp3) is 0.717. The van der Waals surface area contributed by atoms with E-state index in [1.165, 1.54) is 40.2 Å². The van der Waals surface area contributed by atoms with E-state index < -0.39 is 167 Å². The fourth-order valence-electron chi connectivity index (χ4n) is 9.52. The maximum Gasteiger partial charge on any atom is 0.303 e. The number of hydrogen-bond acceptors (Lipinski definition) is 16. The van der Waals surface area contributed by atoms with E-state index in [1.807, 2.05) is 6.92 Å². The lowest BCUT2D eigenvalue weighted by Crippen LogP contribution is -2.64. The maximum absolute atomic E-state index is 14.7. The van der Waals surface area contributed by atoms with E-state index in [1.54, 1.807) is 41.5 Å². The predicted octanol–water partition coefficient (Wildman–Crippen LogP) is -2.24. The molecule has 0 bridgehead atoms. The van der Waals surface area contributed by atoms with Gasteiger partial charge in [-0.25, -0.2) is 4.98 Å². The second-order valence-corrected chi connectivity index (χ2v) is 25.4. The zero-order valence-corrected chi connectivity index (χ0v) is 55.3. The summed E-state index contributed by atoms with van der Waals surface area (Å²) < 4.78 is 0. The first-order valence-corrected chi connectivity index (χ1v) is 31.7. The number of nitrogens with two attached hydrogens (primary N) is 4. The van der Waals surface area contributed by atoms with E-state index in [0.717, 1.165) is 0 Å². The first kappa shape index (κ1) is 79.6. The van der Waals surface area contributed by atoms with E-state index in [2.05, 4.69) is 73.4 Å². The van der Waals surface area contributed by atoms with Crippen LogP contribution in [0.5, 0.6) is 0 Å². The van der Waals surface area contributed by atoms with Gasteiger partial charge in [0.2, 0.25) is 70.9 Å².